The summed E-state index contributed by atoms with van der Waals surface area (Å²) in [5.41, 5.74) is 0.895. The molecule has 0 heterocycles. The van der Waals surface area contributed by atoms with Crippen LogP contribution in [0.3, 0.4) is 0 Å². The molecule has 0 spiro atoms. The summed E-state index contributed by atoms with van der Waals surface area (Å²) in [6.07, 6.45) is 11.7. The van der Waals surface area contributed by atoms with Gasteiger partial charge in [0.1, 0.15) is 6.61 Å². The summed E-state index contributed by atoms with van der Waals surface area (Å²) < 4.78 is 11.4. The number of carbonyl (C=O) groups is 1. The predicted octanol–water partition coefficient (Wildman–Crippen LogP) is 4.88. The van der Waals surface area contributed by atoms with Crippen LogP contribution < -0.4 is 14.8 Å². The van der Waals surface area contributed by atoms with E-state index in [1.54, 1.807) is 13.2 Å². The van der Waals surface area contributed by atoms with Gasteiger partial charge in [0.25, 0.3) is 0 Å². The topological polar surface area (TPSA) is 50.8 Å². The molecule has 172 valence electrons. The van der Waals surface area contributed by atoms with E-state index in [1.165, 1.54) is 12.8 Å². The summed E-state index contributed by atoms with van der Waals surface area (Å²) in [6, 6.07) is 5.98. The number of benzene rings is 1. The lowest BCUT2D eigenvalue weighted by Gasteiger charge is -2.26. The maximum Gasteiger partial charge on any atom is 0.244 e. The van der Waals surface area contributed by atoms with Crippen LogP contribution in [0.5, 0.6) is 11.5 Å². The highest BCUT2D eigenvalue weighted by Gasteiger charge is 2.18. The third kappa shape index (κ3) is 9.62. The number of halogens is 1. The lowest BCUT2D eigenvalue weighted by molar-refractivity contribution is -0.117. The van der Waals surface area contributed by atoms with Crippen molar-refractivity contribution in [2.45, 2.75) is 38.6 Å². The molecule has 0 bridgehead atoms. The fourth-order valence-corrected chi connectivity index (χ4v) is 3.64. The Bertz CT molecular complexity index is 717. The molecule has 0 atom stereocenters. The minimum absolute atomic E-state index is 0. The molecule has 1 aromatic rings. The Kier molecular flexibility index (Phi) is 12.7. The first-order valence-electron chi connectivity index (χ1n) is 10.8. The van der Waals surface area contributed by atoms with Gasteiger partial charge >= 0.3 is 0 Å². The third-order valence-corrected chi connectivity index (χ3v) is 5.42. The van der Waals surface area contributed by atoms with Crippen molar-refractivity contribution in [3.05, 3.63) is 55.1 Å². The number of ether oxygens (including phenoxy) is 2. The van der Waals surface area contributed by atoms with Gasteiger partial charge in [-0.25, -0.2) is 0 Å². The second kappa shape index (κ2) is 14.7. The van der Waals surface area contributed by atoms with Crippen molar-refractivity contribution in [2.75, 3.05) is 33.4 Å². The zero-order valence-corrected chi connectivity index (χ0v) is 19.7. The van der Waals surface area contributed by atoms with E-state index in [9.17, 15) is 4.79 Å². The summed E-state index contributed by atoms with van der Waals surface area (Å²) in [4.78, 5) is 14.4. The Balaban J connectivity index is 0.00000480. The number of hydrogen-bond donors (Lipinski definition) is 1. The summed E-state index contributed by atoms with van der Waals surface area (Å²) in [5.74, 6) is 2.07. The number of nitrogens with zero attached hydrogens (tertiary/aromatic N) is 1. The number of nitrogens with one attached hydrogen (secondary N) is 1. The highest BCUT2D eigenvalue weighted by atomic mass is 35.5. The van der Waals surface area contributed by atoms with Gasteiger partial charge < -0.3 is 14.8 Å². The van der Waals surface area contributed by atoms with Crippen LogP contribution >= 0.6 is 12.4 Å². The quantitative estimate of drug-likeness (QED) is 0.366. The Morgan fingerprint density at radius 2 is 1.84 bits per heavy atom. The molecular formula is C25H37ClN2O3. The molecule has 1 amide bonds. The van der Waals surface area contributed by atoms with Gasteiger partial charge in [-0.3, -0.25) is 9.69 Å². The molecule has 1 N–H and O–H groups in total. The second-order valence-corrected chi connectivity index (χ2v) is 7.89. The van der Waals surface area contributed by atoms with Crippen molar-refractivity contribution in [3.63, 3.8) is 0 Å². The average molecular weight is 449 g/mol. The third-order valence-electron chi connectivity index (χ3n) is 5.42. The van der Waals surface area contributed by atoms with Crippen molar-refractivity contribution in [1.29, 1.82) is 0 Å². The molecule has 2 rings (SSSR count). The zero-order chi connectivity index (χ0) is 21.8. The van der Waals surface area contributed by atoms with Crippen molar-refractivity contribution in [1.82, 2.24) is 10.2 Å². The van der Waals surface area contributed by atoms with E-state index >= 15 is 0 Å². The summed E-state index contributed by atoms with van der Waals surface area (Å²) in [5, 5.41) is 3.11. The molecule has 0 aromatic heterocycles. The molecule has 0 aliphatic heterocycles. The van der Waals surface area contributed by atoms with Crippen LogP contribution in [0.25, 0.3) is 6.08 Å². The first kappa shape index (κ1) is 26.8. The minimum Gasteiger partial charge on any atom is -0.493 e. The van der Waals surface area contributed by atoms with Crippen LogP contribution in [0.15, 0.2) is 49.6 Å². The normalized spacial score (nSPS) is 18.3. The van der Waals surface area contributed by atoms with E-state index in [0.717, 1.165) is 44.0 Å². The molecule has 0 radical (unpaired) electrons. The van der Waals surface area contributed by atoms with Crippen molar-refractivity contribution < 1.29 is 14.3 Å². The van der Waals surface area contributed by atoms with Gasteiger partial charge in [-0.2, -0.15) is 0 Å². The average Bonchev–Trinajstić information content (AvgIpc) is 2.74. The van der Waals surface area contributed by atoms with E-state index in [-0.39, 0.29) is 18.3 Å². The smallest absolute Gasteiger partial charge is 0.244 e. The number of carbonyl (C=O) groups excluding carboxylic acids is 1. The van der Waals surface area contributed by atoms with Crippen molar-refractivity contribution in [3.8, 4) is 11.5 Å². The number of rotatable bonds is 12. The molecular weight excluding hydrogens is 412 g/mol. The van der Waals surface area contributed by atoms with Crippen LogP contribution in [-0.2, 0) is 4.79 Å². The highest BCUT2D eigenvalue weighted by Crippen LogP contribution is 2.28. The molecule has 5 nitrogen and oxygen atoms in total. The predicted molar refractivity (Wildman–Crippen MR) is 131 cm³/mol. The Morgan fingerprint density at radius 1 is 1.16 bits per heavy atom. The fourth-order valence-electron chi connectivity index (χ4n) is 3.64. The molecule has 1 aliphatic carbocycles. The molecule has 0 unspecified atom stereocenters. The molecule has 1 saturated carbocycles. The van der Waals surface area contributed by atoms with Gasteiger partial charge in [-0.05, 0) is 55.4 Å². The largest absolute Gasteiger partial charge is 0.493 e. The van der Waals surface area contributed by atoms with Gasteiger partial charge in [0.2, 0.25) is 5.91 Å². The van der Waals surface area contributed by atoms with E-state index < -0.39 is 0 Å². The van der Waals surface area contributed by atoms with Crippen LogP contribution in [-0.4, -0.2) is 50.2 Å². The van der Waals surface area contributed by atoms with Gasteiger partial charge in [-0.1, -0.05) is 25.1 Å². The Morgan fingerprint density at radius 3 is 2.45 bits per heavy atom. The number of hydrogen-bond acceptors (Lipinski definition) is 4. The van der Waals surface area contributed by atoms with Crippen LogP contribution in [0.1, 0.15) is 38.2 Å². The first-order valence-corrected chi connectivity index (χ1v) is 10.8. The number of methoxy groups -OCH3 is 1. The molecule has 1 fully saturated rings. The fraction of sp³-hybridized carbons (Fsp3) is 0.480. The lowest BCUT2D eigenvalue weighted by Crippen LogP contribution is -2.36. The van der Waals surface area contributed by atoms with Crippen LogP contribution in [0, 0.1) is 5.92 Å². The van der Waals surface area contributed by atoms with Gasteiger partial charge in [-0.15, -0.1) is 25.6 Å². The van der Waals surface area contributed by atoms with Crippen LogP contribution in [0.4, 0.5) is 0 Å². The number of amides is 1. The van der Waals surface area contributed by atoms with E-state index in [1.807, 2.05) is 36.4 Å². The minimum atomic E-state index is -0.0432. The van der Waals surface area contributed by atoms with Crippen molar-refractivity contribution >= 4 is 24.4 Å². The summed E-state index contributed by atoms with van der Waals surface area (Å²) >= 11 is 0. The maximum atomic E-state index is 12.2. The molecule has 6 heteroatoms. The van der Waals surface area contributed by atoms with Gasteiger partial charge in [0, 0.05) is 31.8 Å². The second-order valence-electron chi connectivity index (χ2n) is 7.89. The molecule has 1 aromatic carbocycles. The monoisotopic (exact) mass is 448 g/mol. The first-order chi connectivity index (χ1) is 14.5. The highest BCUT2D eigenvalue weighted by molar-refractivity contribution is 5.92. The Hall–Kier alpha value is -2.24. The van der Waals surface area contributed by atoms with Gasteiger partial charge in [0.15, 0.2) is 11.5 Å². The SMILES string of the molecule is C=CCN(CC=C)CCOc1ccc(C=CC(=O)N[C@H]2CC[C@H](C)CC2)cc1OC.Cl. The molecule has 0 saturated heterocycles. The standard InChI is InChI=1S/C25H36N2O3.ClH/c1-5-15-27(16-6-2)17-18-30-23-13-9-21(19-24(23)29-4)10-14-25(28)26-22-11-7-20(3)8-12-22;/h5-6,9-10,13-14,19-20,22H,1-2,7-8,11-12,15-18H2,3-4H3,(H,26,28);1H/t20-,22-;. The van der Waals surface area contributed by atoms with Gasteiger partial charge in [0.05, 0.1) is 7.11 Å². The Labute approximate surface area is 193 Å². The van der Waals surface area contributed by atoms with E-state index in [2.05, 4.69) is 30.3 Å². The lowest BCUT2D eigenvalue weighted by atomic mass is 9.87. The summed E-state index contributed by atoms with van der Waals surface area (Å²) in [7, 11) is 1.62. The maximum absolute atomic E-state index is 12.2. The van der Waals surface area contributed by atoms with E-state index in [0.29, 0.717) is 24.1 Å². The molecule has 31 heavy (non-hydrogen) atoms. The molecule has 1 aliphatic rings. The van der Waals surface area contributed by atoms with Crippen LogP contribution in [0.2, 0.25) is 0 Å². The summed E-state index contributed by atoms with van der Waals surface area (Å²) in [6.45, 7) is 12.7. The zero-order valence-electron chi connectivity index (χ0n) is 18.8. The van der Waals surface area contributed by atoms with Crippen molar-refractivity contribution in [2.24, 2.45) is 5.92 Å². The van der Waals surface area contributed by atoms with E-state index in [4.69, 9.17) is 9.47 Å².